The fourth-order valence-electron chi connectivity index (χ4n) is 5.02. The molecular weight excluding hydrogens is 333 g/mol. The van der Waals surface area contributed by atoms with E-state index in [2.05, 4.69) is 102 Å². The molecule has 0 bridgehead atoms. The van der Waals surface area contributed by atoms with E-state index in [1.807, 2.05) is 11.8 Å². The van der Waals surface area contributed by atoms with Gasteiger partial charge in [0, 0.05) is 11.6 Å². The molecule has 6 rings (SSSR count). The van der Waals surface area contributed by atoms with Crippen LogP contribution in [0.15, 0.2) is 107 Å². The number of hydrogen-bond donors (Lipinski definition) is 0. The minimum atomic E-state index is -1.20. The van der Waals surface area contributed by atoms with E-state index in [0.717, 1.165) is 0 Å². The van der Waals surface area contributed by atoms with Gasteiger partial charge in [0.05, 0.1) is 0 Å². The van der Waals surface area contributed by atoms with Gasteiger partial charge in [-0.25, -0.2) is 0 Å². The summed E-state index contributed by atoms with van der Waals surface area (Å²) in [5.74, 6) is 0. The Morgan fingerprint density at radius 3 is 1.88 bits per heavy atom. The minimum absolute atomic E-state index is 1.20. The summed E-state index contributed by atoms with van der Waals surface area (Å²) in [6.45, 7) is 0. The Labute approximate surface area is 157 Å². The highest BCUT2D eigenvalue weighted by molar-refractivity contribution is 8.00. The molecule has 26 heavy (non-hydrogen) atoms. The molecular formula is C23H16BNS. The van der Waals surface area contributed by atoms with E-state index >= 15 is 0 Å². The average Bonchev–Trinajstić information content (AvgIpc) is 3.00. The van der Waals surface area contributed by atoms with Crippen LogP contribution in [0.25, 0.3) is 11.3 Å². The second kappa shape index (κ2) is 5.12. The monoisotopic (exact) mass is 349 g/mol. The zero-order chi connectivity index (χ0) is 17.1. The topological polar surface area (TPSA) is 3.88 Å². The normalized spacial score (nSPS) is 15.1. The third-order valence-corrected chi connectivity index (χ3v) is 7.14. The van der Waals surface area contributed by atoms with E-state index in [4.69, 9.17) is 0 Å². The molecule has 0 unspecified atom stereocenters. The summed E-state index contributed by atoms with van der Waals surface area (Å²) in [5, 5.41) is 0. The van der Waals surface area contributed by atoms with E-state index in [1.54, 1.807) is 0 Å². The van der Waals surface area contributed by atoms with Crippen molar-refractivity contribution in [3.8, 4) is 11.3 Å². The Morgan fingerprint density at radius 1 is 0.577 bits per heavy atom. The van der Waals surface area contributed by atoms with Crippen molar-refractivity contribution >= 4 is 34.4 Å². The molecule has 4 aromatic rings. The summed E-state index contributed by atoms with van der Waals surface area (Å²) in [5.41, 5.74) is 6.94. The molecule has 3 heterocycles. The van der Waals surface area contributed by atoms with Crippen LogP contribution in [-0.4, -0.2) is 6.28 Å². The van der Waals surface area contributed by atoms with E-state index < -0.39 is 6.28 Å². The number of aromatic nitrogens is 1. The maximum Gasteiger partial charge on any atom is 0.363 e. The van der Waals surface area contributed by atoms with Gasteiger partial charge in [0.15, 0.2) is 5.69 Å². The molecule has 0 saturated carbocycles. The van der Waals surface area contributed by atoms with Crippen molar-refractivity contribution in [2.45, 2.75) is 9.79 Å². The molecule has 0 saturated heterocycles. The molecule has 3 aromatic carbocycles. The van der Waals surface area contributed by atoms with E-state index in [0.29, 0.717) is 0 Å². The summed E-state index contributed by atoms with van der Waals surface area (Å²) < 4.78 is 2.53. The molecule has 0 radical (unpaired) electrons. The molecule has 3 heteroatoms. The van der Waals surface area contributed by atoms with Gasteiger partial charge in [-0.1, -0.05) is 90.6 Å². The lowest BCUT2D eigenvalue weighted by molar-refractivity contribution is -0.524. The number of benzene rings is 3. The van der Waals surface area contributed by atoms with Gasteiger partial charge in [-0.15, -0.1) is 16.4 Å². The Hall–Kier alpha value is -2.78. The molecule has 122 valence electrons. The van der Waals surface area contributed by atoms with Crippen molar-refractivity contribution in [1.29, 1.82) is 0 Å². The lowest BCUT2D eigenvalue weighted by atomic mass is 9.24. The van der Waals surface area contributed by atoms with Gasteiger partial charge in [-0.05, 0) is 15.9 Å². The molecule has 0 amide bonds. The molecule has 1 nitrogen and oxygen atoms in total. The Kier molecular flexibility index (Phi) is 2.84. The van der Waals surface area contributed by atoms with Gasteiger partial charge in [0.2, 0.25) is 0 Å². The first kappa shape index (κ1) is 14.4. The largest absolute Gasteiger partial charge is 0.408 e. The number of pyridine rings is 1. The van der Waals surface area contributed by atoms with Crippen LogP contribution in [0, 0.1) is 0 Å². The van der Waals surface area contributed by atoms with Crippen molar-refractivity contribution < 1.29 is 4.48 Å². The number of hydrogen-bond acceptors (Lipinski definition) is 1. The summed E-state index contributed by atoms with van der Waals surface area (Å²) in [4.78, 5) is 2.73. The van der Waals surface area contributed by atoms with E-state index in [1.165, 1.54) is 37.4 Å². The fraction of sp³-hybridized carbons (Fsp3) is 0. The van der Waals surface area contributed by atoms with Crippen LogP contribution in [0.1, 0.15) is 0 Å². The van der Waals surface area contributed by atoms with Crippen LogP contribution < -0.4 is 20.9 Å². The SMILES string of the molecule is c1ccc2c(c1)Sc1ccccc1[B-]21c2ccccc2-c2cccc[n+]21. The predicted molar refractivity (Wildman–Crippen MR) is 109 cm³/mol. The van der Waals surface area contributed by atoms with Gasteiger partial charge in [0.25, 0.3) is 0 Å². The van der Waals surface area contributed by atoms with Gasteiger partial charge < -0.3 is 4.48 Å². The number of fused-ring (bicyclic) bond motifs is 9. The Bertz CT molecular complexity index is 1090. The van der Waals surface area contributed by atoms with Crippen LogP contribution in [0.5, 0.6) is 0 Å². The summed E-state index contributed by atoms with van der Waals surface area (Å²) >= 11 is 1.89. The summed E-state index contributed by atoms with van der Waals surface area (Å²) in [6.07, 6.45) is 1.06. The van der Waals surface area contributed by atoms with Gasteiger partial charge in [-0.3, -0.25) is 0 Å². The quantitative estimate of drug-likeness (QED) is 0.382. The zero-order valence-electron chi connectivity index (χ0n) is 14.2. The molecule has 0 atom stereocenters. The molecule has 0 N–H and O–H groups in total. The zero-order valence-corrected chi connectivity index (χ0v) is 15.0. The van der Waals surface area contributed by atoms with Crippen LogP contribution in [0.3, 0.4) is 0 Å². The van der Waals surface area contributed by atoms with Crippen LogP contribution >= 0.6 is 11.8 Å². The van der Waals surface area contributed by atoms with Crippen LogP contribution in [0.4, 0.5) is 0 Å². The van der Waals surface area contributed by atoms with E-state index in [-0.39, 0.29) is 0 Å². The Balaban J connectivity index is 1.87. The lowest BCUT2D eigenvalue weighted by Gasteiger charge is -2.39. The first-order valence-electron chi connectivity index (χ1n) is 9.04. The highest BCUT2D eigenvalue weighted by Crippen LogP contribution is 2.35. The Morgan fingerprint density at radius 2 is 1.15 bits per heavy atom. The fourth-order valence-corrected chi connectivity index (χ4v) is 6.27. The third-order valence-electron chi connectivity index (χ3n) is 5.95. The molecule has 2 aliphatic rings. The maximum atomic E-state index is 2.53. The highest BCUT2D eigenvalue weighted by atomic mass is 32.2. The molecule has 2 aliphatic heterocycles. The van der Waals surface area contributed by atoms with E-state index in [9.17, 15) is 0 Å². The van der Waals surface area contributed by atoms with Crippen LogP contribution in [-0.2, 0) is 0 Å². The van der Waals surface area contributed by atoms with Gasteiger partial charge in [-0.2, -0.15) is 0 Å². The molecule has 1 spiro atoms. The first-order valence-corrected chi connectivity index (χ1v) is 9.85. The summed E-state index contributed by atoms with van der Waals surface area (Å²) in [6, 6.07) is 33.3. The molecule has 0 aliphatic carbocycles. The highest BCUT2D eigenvalue weighted by Gasteiger charge is 2.52. The van der Waals surface area contributed by atoms with Gasteiger partial charge in [0.1, 0.15) is 6.20 Å². The minimum Gasteiger partial charge on any atom is -0.408 e. The van der Waals surface area contributed by atoms with Crippen molar-refractivity contribution in [3.05, 3.63) is 97.2 Å². The first-order chi connectivity index (χ1) is 12.9. The standard InChI is InChI=1S/C23H16BNS/c1-2-10-18-17(9-1)21-13-7-8-16-25(21)24(18)19-11-3-5-14-22(19)26-23-15-6-4-12-20(23)24/h1-16H. The summed E-state index contributed by atoms with van der Waals surface area (Å²) in [7, 11) is 0. The molecule has 0 fully saturated rings. The number of rotatable bonds is 0. The maximum absolute atomic E-state index is 2.53. The smallest absolute Gasteiger partial charge is 0.363 e. The van der Waals surface area contributed by atoms with Crippen molar-refractivity contribution in [2.24, 2.45) is 0 Å². The molecule has 1 aromatic heterocycles. The predicted octanol–water partition coefficient (Wildman–Crippen LogP) is 2.93. The van der Waals surface area contributed by atoms with Crippen molar-refractivity contribution in [2.75, 3.05) is 0 Å². The van der Waals surface area contributed by atoms with Crippen molar-refractivity contribution in [1.82, 2.24) is 0 Å². The average molecular weight is 349 g/mol. The van der Waals surface area contributed by atoms with Crippen LogP contribution in [0.2, 0.25) is 0 Å². The van der Waals surface area contributed by atoms with Crippen molar-refractivity contribution in [3.63, 3.8) is 0 Å². The lowest BCUT2D eigenvalue weighted by Crippen LogP contribution is -2.83. The van der Waals surface area contributed by atoms with Gasteiger partial charge >= 0.3 is 6.28 Å². The number of nitrogens with zero attached hydrogens (tertiary/aromatic N) is 1. The third kappa shape index (κ3) is 1.62. The second-order valence-corrected chi connectivity index (χ2v) is 8.16. The second-order valence-electron chi connectivity index (χ2n) is 7.08.